The van der Waals surface area contributed by atoms with Crippen molar-refractivity contribution in [3.8, 4) is 0 Å². The third-order valence-corrected chi connectivity index (χ3v) is 1.06. The Morgan fingerprint density at radius 1 is 1.56 bits per heavy atom. The van der Waals surface area contributed by atoms with E-state index in [4.69, 9.17) is 15.9 Å². The van der Waals surface area contributed by atoms with Crippen LogP contribution in [-0.4, -0.2) is 22.5 Å². The standard InChI is InChI=1S/C6H13NO2/c1-2-3-4-5(8)6(7)9/h2,5-6,8-9H,1,3-4,7H2. The van der Waals surface area contributed by atoms with Crippen LogP contribution in [0.3, 0.4) is 0 Å². The molecule has 0 rings (SSSR count). The Morgan fingerprint density at radius 2 is 2.11 bits per heavy atom. The molecule has 0 aromatic heterocycles. The molecule has 2 atom stereocenters. The first kappa shape index (κ1) is 8.62. The van der Waals surface area contributed by atoms with E-state index in [-0.39, 0.29) is 0 Å². The van der Waals surface area contributed by atoms with Crippen molar-refractivity contribution >= 4 is 0 Å². The zero-order valence-electron chi connectivity index (χ0n) is 5.33. The molecular formula is C6H13NO2. The highest BCUT2D eigenvalue weighted by atomic mass is 16.3. The van der Waals surface area contributed by atoms with Gasteiger partial charge in [-0.1, -0.05) is 6.08 Å². The van der Waals surface area contributed by atoms with Gasteiger partial charge in [0.2, 0.25) is 0 Å². The smallest absolute Gasteiger partial charge is 0.128 e. The van der Waals surface area contributed by atoms with E-state index in [1.807, 2.05) is 0 Å². The quantitative estimate of drug-likeness (QED) is 0.359. The molecule has 0 heterocycles. The molecule has 0 radical (unpaired) electrons. The van der Waals surface area contributed by atoms with Crippen LogP contribution in [-0.2, 0) is 0 Å². The third kappa shape index (κ3) is 4.14. The Kier molecular flexibility index (Phi) is 4.30. The molecule has 0 bridgehead atoms. The predicted octanol–water partition coefficient (Wildman–Crippen LogP) is -0.409. The van der Waals surface area contributed by atoms with E-state index >= 15 is 0 Å². The van der Waals surface area contributed by atoms with Crippen LogP contribution < -0.4 is 5.73 Å². The molecule has 3 heteroatoms. The van der Waals surface area contributed by atoms with Crippen molar-refractivity contribution in [3.63, 3.8) is 0 Å². The van der Waals surface area contributed by atoms with Crippen molar-refractivity contribution in [2.75, 3.05) is 0 Å². The van der Waals surface area contributed by atoms with E-state index in [2.05, 4.69) is 6.58 Å². The zero-order valence-corrected chi connectivity index (χ0v) is 5.33. The molecule has 0 amide bonds. The van der Waals surface area contributed by atoms with Gasteiger partial charge in [0.15, 0.2) is 0 Å². The minimum absolute atomic E-state index is 0.473. The molecule has 0 aromatic rings. The lowest BCUT2D eigenvalue weighted by molar-refractivity contribution is 0.0195. The van der Waals surface area contributed by atoms with Gasteiger partial charge in [-0.2, -0.15) is 0 Å². The lowest BCUT2D eigenvalue weighted by atomic mass is 10.2. The van der Waals surface area contributed by atoms with E-state index in [0.717, 1.165) is 0 Å². The fraction of sp³-hybridized carbons (Fsp3) is 0.667. The Hall–Kier alpha value is -0.380. The average Bonchev–Trinajstić information content (AvgIpc) is 1.82. The van der Waals surface area contributed by atoms with E-state index in [0.29, 0.717) is 12.8 Å². The Labute approximate surface area is 54.8 Å². The van der Waals surface area contributed by atoms with Crippen LogP contribution in [0.15, 0.2) is 12.7 Å². The highest BCUT2D eigenvalue weighted by Crippen LogP contribution is 1.98. The number of aliphatic hydroxyl groups is 2. The monoisotopic (exact) mass is 131 g/mol. The molecule has 4 N–H and O–H groups in total. The second kappa shape index (κ2) is 4.49. The Balaban J connectivity index is 3.26. The number of rotatable bonds is 4. The summed E-state index contributed by atoms with van der Waals surface area (Å²) in [7, 11) is 0. The SMILES string of the molecule is C=CCCC(O)C(N)O. The van der Waals surface area contributed by atoms with Gasteiger partial charge in [0.25, 0.3) is 0 Å². The number of hydrogen-bond acceptors (Lipinski definition) is 3. The highest BCUT2D eigenvalue weighted by Gasteiger charge is 2.08. The van der Waals surface area contributed by atoms with Crippen LogP contribution in [0.2, 0.25) is 0 Å². The molecule has 0 aromatic carbocycles. The van der Waals surface area contributed by atoms with Crippen molar-refractivity contribution in [2.45, 2.75) is 25.2 Å². The van der Waals surface area contributed by atoms with Gasteiger partial charge in [-0.25, -0.2) is 0 Å². The summed E-state index contributed by atoms with van der Waals surface area (Å²) in [5, 5.41) is 17.4. The molecule has 0 spiro atoms. The third-order valence-electron chi connectivity index (χ3n) is 1.06. The maximum atomic E-state index is 8.83. The molecule has 3 nitrogen and oxygen atoms in total. The number of nitrogens with two attached hydrogens (primary N) is 1. The van der Waals surface area contributed by atoms with Crippen LogP contribution in [0, 0.1) is 0 Å². The molecule has 0 aliphatic carbocycles. The summed E-state index contributed by atoms with van der Waals surface area (Å²) in [4.78, 5) is 0. The maximum Gasteiger partial charge on any atom is 0.128 e. The van der Waals surface area contributed by atoms with Crippen LogP contribution in [0.4, 0.5) is 0 Å². The van der Waals surface area contributed by atoms with Gasteiger partial charge in [0.1, 0.15) is 6.23 Å². The molecule has 9 heavy (non-hydrogen) atoms. The van der Waals surface area contributed by atoms with Gasteiger partial charge in [-0.3, -0.25) is 0 Å². The molecule has 2 unspecified atom stereocenters. The first-order valence-electron chi connectivity index (χ1n) is 2.91. The summed E-state index contributed by atoms with van der Waals surface area (Å²) < 4.78 is 0. The molecule has 0 aliphatic rings. The maximum absolute atomic E-state index is 8.83. The summed E-state index contributed by atoms with van der Waals surface area (Å²) in [6.45, 7) is 3.46. The summed E-state index contributed by atoms with van der Waals surface area (Å²) in [6.07, 6.45) is 0.885. The molecule has 0 saturated heterocycles. The van der Waals surface area contributed by atoms with Crippen LogP contribution >= 0.6 is 0 Å². The minimum Gasteiger partial charge on any atom is -0.389 e. The fourth-order valence-electron chi connectivity index (χ4n) is 0.459. The van der Waals surface area contributed by atoms with Gasteiger partial charge in [0.05, 0.1) is 6.10 Å². The minimum atomic E-state index is -1.12. The van der Waals surface area contributed by atoms with E-state index in [1.54, 1.807) is 6.08 Å². The largest absolute Gasteiger partial charge is 0.389 e. The number of allylic oxidation sites excluding steroid dienone is 1. The average molecular weight is 131 g/mol. The lowest BCUT2D eigenvalue weighted by Crippen LogP contribution is -2.33. The van der Waals surface area contributed by atoms with Gasteiger partial charge >= 0.3 is 0 Å². The van der Waals surface area contributed by atoms with Crippen LogP contribution in [0.1, 0.15) is 12.8 Å². The molecule has 0 fully saturated rings. The summed E-state index contributed by atoms with van der Waals surface area (Å²) in [6, 6.07) is 0. The van der Waals surface area contributed by atoms with Crippen LogP contribution in [0.5, 0.6) is 0 Å². The Bertz CT molecular complexity index is 83.1. The fourth-order valence-corrected chi connectivity index (χ4v) is 0.459. The Morgan fingerprint density at radius 3 is 2.44 bits per heavy atom. The first-order chi connectivity index (χ1) is 4.18. The van der Waals surface area contributed by atoms with Gasteiger partial charge in [0, 0.05) is 0 Å². The summed E-state index contributed by atoms with van der Waals surface area (Å²) in [5.41, 5.74) is 4.95. The summed E-state index contributed by atoms with van der Waals surface area (Å²) >= 11 is 0. The van der Waals surface area contributed by atoms with Gasteiger partial charge in [-0.15, -0.1) is 6.58 Å². The summed E-state index contributed by atoms with van der Waals surface area (Å²) in [5.74, 6) is 0. The van der Waals surface area contributed by atoms with Crippen molar-refractivity contribution in [1.82, 2.24) is 0 Å². The molecular weight excluding hydrogens is 118 g/mol. The topological polar surface area (TPSA) is 66.5 Å². The number of hydrogen-bond donors (Lipinski definition) is 3. The van der Waals surface area contributed by atoms with Crippen molar-refractivity contribution in [3.05, 3.63) is 12.7 Å². The first-order valence-corrected chi connectivity index (χ1v) is 2.91. The van der Waals surface area contributed by atoms with Crippen molar-refractivity contribution in [2.24, 2.45) is 5.73 Å². The van der Waals surface area contributed by atoms with Crippen molar-refractivity contribution < 1.29 is 10.2 Å². The molecule has 0 aliphatic heterocycles. The van der Waals surface area contributed by atoms with Crippen LogP contribution in [0.25, 0.3) is 0 Å². The van der Waals surface area contributed by atoms with Gasteiger partial charge < -0.3 is 15.9 Å². The second-order valence-electron chi connectivity index (χ2n) is 1.92. The molecule has 54 valence electrons. The van der Waals surface area contributed by atoms with E-state index in [1.165, 1.54) is 0 Å². The normalized spacial score (nSPS) is 16.8. The van der Waals surface area contributed by atoms with Gasteiger partial charge in [-0.05, 0) is 12.8 Å². The van der Waals surface area contributed by atoms with E-state index < -0.39 is 12.3 Å². The number of aliphatic hydroxyl groups excluding tert-OH is 2. The molecule has 0 saturated carbocycles. The predicted molar refractivity (Wildman–Crippen MR) is 35.6 cm³/mol. The highest BCUT2D eigenvalue weighted by molar-refractivity contribution is 4.70. The lowest BCUT2D eigenvalue weighted by Gasteiger charge is -2.10. The second-order valence-corrected chi connectivity index (χ2v) is 1.92. The van der Waals surface area contributed by atoms with Crippen molar-refractivity contribution in [1.29, 1.82) is 0 Å². The zero-order chi connectivity index (χ0) is 7.28. The van der Waals surface area contributed by atoms with E-state index in [9.17, 15) is 0 Å².